The number of H-pyrrole nitrogens is 1. The molecule has 0 unspecified atom stereocenters. The lowest BCUT2D eigenvalue weighted by atomic mass is 10.1. The predicted octanol–water partition coefficient (Wildman–Crippen LogP) is 4.22. The smallest absolute Gasteiger partial charge is 0.226 e. The van der Waals surface area contributed by atoms with Crippen molar-refractivity contribution in [2.75, 3.05) is 14.2 Å². The van der Waals surface area contributed by atoms with Gasteiger partial charge in [-0.1, -0.05) is 12.1 Å². The van der Waals surface area contributed by atoms with E-state index in [4.69, 9.17) is 14.2 Å². The van der Waals surface area contributed by atoms with E-state index >= 15 is 0 Å². The third kappa shape index (κ3) is 3.55. The summed E-state index contributed by atoms with van der Waals surface area (Å²) < 4.78 is 16.3. The molecule has 4 aromatic rings. The van der Waals surface area contributed by atoms with E-state index in [9.17, 15) is 0 Å². The number of rotatable bonds is 6. The number of benzene rings is 2. The molecule has 0 bridgehead atoms. The second kappa shape index (κ2) is 7.37. The van der Waals surface area contributed by atoms with E-state index in [1.807, 2.05) is 54.6 Å². The molecular weight excluding hydrogens is 342 g/mol. The fourth-order valence-electron chi connectivity index (χ4n) is 2.83. The Morgan fingerprint density at radius 1 is 0.852 bits per heavy atom. The number of aromatic amines is 1. The van der Waals surface area contributed by atoms with Gasteiger partial charge in [0, 0.05) is 5.69 Å². The van der Waals surface area contributed by atoms with E-state index in [1.54, 1.807) is 14.2 Å². The van der Waals surface area contributed by atoms with Gasteiger partial charge in [-0.2, -0.15) is 0 Å². The molecule has 0 saturated carbocycles. The van der Waals surface area contributed by atoms with Crippen molar-refractivity contribution >= 4 is 11.0 Å². The fraction of sp³-hybridized carbons (Fsp3) is 0.143. The van der Waals surface area contributed by atoms with Crippen molar-refractivity contribution in [1.29, 1.82) is 0 Å². The third-order valence-corrected chi connectivity index (χ3v) is 4.32. The summed E-state index contributed by atoms with van der Waals surface area (Å²) in [5.41, 5.74) is 3.76. The molecule has 27 heavy (non-hydrogen) atoms. The maximum Gasteiger partial charge on any atom is 0.226 e. The maximum atomic E-state index is 5.93. The Hall–Kier alpha value is -3.54. The highest BCUT2D eigenvalue weighted by Crippen LogP contribution is 2.29. The van der Waals surface area contributed by atoms with Crippen LogP contribution in [-0.4, -0.2) is 29.2 Å². The second-order valence-electron chi connectivity index (χ2n) is 5.99. The van der Waals surface area contributed by atoms with Crippen LogP contribution in [0.15, 0.2) is 60.9 Å². The molecule has 6 nitrogen and oxygen atoms in total. The number of fused-ring (bicyclic) bond motifs is 1. The van der Waals surface area contributed by atoms with Gasteiger partial charge in [0.1, 0.15) is 30.1 Å². The highest BCUT2D eigenvalue weighted by atomic mass is 16.5. The normalized spacial score (nSPS) is 10.7. The molecule has 136 valence electrons. The molecule has 2 aromatic heterocycles. The van der Waals surface area contributed by atoms with Crippen molar-refractivity contribution in [2.24, 2.45) is 0 Å². The summed E-state index contributed by atoms with van der Waals surface area (Å²) in [5.74, 6) is 2.18. The molecule has 4 rings (SSSR count). The molecule has 2 heterocycles. The summed E-state index contributed by atoms with van der Waals surface area (Å²) in [7, 11) is 3.30. The SMILES string of the molecule is COc1ccc(COc2ncnc3[nH]c(-c4ccc(OC)cc4)cc23)cc1. The van der Waals surface area contributed by atoms with Crippen LogP contribution in [0.1, 0.15) is 5.56 Å². The minimum absolute atomic E-state index is 0.416. The van der Waals surface area contributed by atoms with Crippen LogP contribution in [0.25, 0.3) is 22.3 Å². The monoisotopic (exact) mass is 361 g/mol. The number of ether oxygens (including phenoxy) is 3. The molecule has 2 aromatic carbocycles. The molecule has 1 N–H and O–H groups in total. The van der Waals surface area contributed by atoms with Crippen molar-refractivity contribution in [2.45, 2.75) is 6.61 Å². The van der Waals surface area contributed by atoms with E-state index < -0.39 is 0 Å². The third-order valence-electron chi connectivity index (χ3n) is 4.32. The Balaban J connectivity index is 1.58. The van der Waals surface area contributed by atoms with Crippen LogP contribution >= 0.6 is 0 Å². The van der Waals surface area contributed by atoms with Crippen molar-refractivity contribution in [3.8, 4) is 28.6 Å². The average molecular weight is 361 g/mol. The number of nitrogens with one attached hydrogen (secondary N) is 1. The van der Waals surface area contributed by atoms with Crippen LogP contribution in [0.3, 0.4) is 0 Å². The number of nitrogens with zero attached hydrogens (tertiary/aromatic N) is 2. The molecule has 0 amide bonds. The largest absolute Gasteiger partial charge is 0.497 e. The molecule has 0 aliphatic rings. The first kappa shape index (κ1) is 16.9. The predicted molar refractivity (Wildman–Crippen MR) is 103 cm³/mol. The van der Waals surface area contributed by atoms with Gasteiger partial charge in [-0.05, 0) is 53.6 Å². The molecule has 6 heteroatoms. The van der Waals surface area contributed by atoms with Gasteiger partial charge < -0.3 is 19.2 Å². The number of aromatic nitrogens is 3. The highest BCUT2D eigenvalue weighted by Gasteiger charge is 2.11. The zero-order valence-corrected chi connectivity index (χ0v) is 15.1. The Labute approximate surface area is 156 Å². The van der Waals surface area contributed by atoms with Gasteiger partial charge in [-0.15, -0.1) is 0 Å². The summed E-state index contributed by atoms with van der Waals surface area (Å²) in [5, 5.41) is 0.844. The number of hydrogen-bond acceptors (Lipinski definition) is 5. The van der Waals surface area contributed by atoms with Crippen LogP contribution in [0.2, 0.25) is 0 Å². The molecule has 0 atom stereocenters. The number of hydrogen-bond donors (Lipinski definition) is 1. The molecule has 0 aliphatic carbocycles. The topological polar surface area (TPSA) is 69.3 Å². The summed E-state index contributed by atoms with van der Waals surface area (Å²) in [6, 6.07) is 17.6. The molecule has 0 aliphatic heterocycles. The zero-order valence-electron chi connectivity index (χ0n) is 15.1. The van der Waals surface area contributed by atoms with Gasteiger partial charge in [0.25, 0.3) is 0 Å². The van der Waals surface area contributed by atoms with Crippen LogP contribution in [0.4, 0.5) is 0 Å². The summed E-state index contributed by atoms with van der Waals surface area (Å²) in [6.07, 6.45) is 1.50. The van der Waals surface area contributed by atoms with Gasteiger partial charge >= 0.3 is 0 Å². The van der Waals surface area contributed by atoms with E-state index in [0.29, 0.717) is 12.5 Å². The first-order chi connectivity index (χ1) is 13.3. The standard InChI is InChI=1S/C21H19N3O3/c1-25-16-7-3-14(4-8-16)12-27-21-18-11-19(24-20(18)22-13-23-21)15-5-9-17(26-2)10-6-15/h3-11,13H,12H2,1-2H3,(H,22,23,24). The van der Waals surface area contributed by atoms with Gasteiger partial charge in [0.15, 0.2) is 0 Å². The van der Waals surface area contributed by atoms with E-state index in [-0.39, 0.29) is 0 Å². The first-order valence-corrected chi connectivity index (χ1v) is 8.50. The Morgan fingerprint density at radius 2 is 1.52 bits per heavy atom. The molecule has 0 spiro atoms. The van der Waals surface area contributed by atoms with E-state index in [0.717, 1.165) is 39.4 Å². The van der Waals surface area contributed by atoms with Crippen LogP contribution in [-0.2, 0) is 6.61 Å². The first-order valence-electron chi connectivity index (χ1n) is 8.50. The minimum atomic E-state index is 0.416. The minimum Gasteiger partial charge on any atom is -0.497 e. The van der Waals surface area contributed by atoms with Crippen molar-refractivity contribution in [3.05, 3.63) is 66.5 Å². The quantitative estimate of drug-likeness (QED) is 0.557. The average Bonchev–Trinajstić information content (AvgIpc) is 3.17. The lowest BCUT2D eigenvalue weighted by molar-refractivity contribution is 0.297. The van der Waals surface area contributed by atoms with Gasteiger partial charge in [-0.3, -0.25) is 0 Å². The number of methoxy groups -OCH3 is 2. The molecule has 0 saturated heterocycles. The van der Waals surface area contributed by atoms with Gasteiger partial charge in [0.2, 0.25) is 5.88 Å². The zero-order chi connectivity index (χ0) is 18.6. The Bertz CT molecular complexity index is 1040. The van der Waals surface area contributed by atoms with Crippen molar-refractivity contribution in [1.82, 2.24) is 15.0 Å². The Kier molecular flexibility index (Phi) is 4.61. The van der Waals surface area contributed by atoms with E-state index in [2.05, 4.69) is 15.0 Å². The second-order valence-corrected chi connectivity index (χ2v) is 5.99. The van der Waals surface area contributed by atoms with Crippen LogP contribution in [0.5, 0.6) is 17.4 Å². The molecule has 0 radical (unpaired) electrons. The molecule has 0 fully saturated rings. The van der Waals surface area contributed by atoms with Crippen molar-refractivity contribution in [3.63, 3.8) is 0 Å². The summed E-state index contributed by atoms with van der Waals surface area (Å²) in [4.78, 5) is 11.9. The lowest BCUT2D eigenvalue weighted by Crippen LogP contribution is -1.98. The van der Waals surface area contributed by atoms with Gasteiger partial charge in [0.05, 0.1) is 19.6 Å². The fourth-order valence-corrected chi connectivity index (χ4v) is 2.83. The van der Waals surface area contributed by atoms with Gasteiger partial charge in [-0.25, -0.2) is 9.97 Å². The molecular formula is C21H19N3O3. The summed E-state index contributed by atoms with van der Waals surface area (Å²) >= 11 is 0. The maximum absolute atomic E-state index is 5.93. The van der Waals surface area contributed by atoms with Crippen LogP contribution in [0, 0.1) is 0 Å². The Morgan fingerprint density at radius 3 is 2.19 bits per heavy atom. The van der Waals surface area contributed by atoms with Crippen molar-refractivity contribution < 1.29 is 14.2 Å². The lowest BCUT2D eigenvalue weighted by Gasteiger charge is -2.06. The summed E-state index contributed by atoms with van der Waals surface area (Å²) in [6.45, 7) is 0.416. The highest BCUT2D eigenvalue weighted by molar-refractivity contribution is 5.86. The van der Waals surface area contributed by atoms with Crippen LogP contribution < -0.4 is 14.2 Å². The van der Waals surface area contributed by atoms with E-state index in [1.165, 1.54) is 6.33 Å².